The smallest absolute Gasteiger partial charge is 0.213 e. The predicted octanol–water partition coefficient (Wildman–Crippen LogP) is 2.21. The molecule has 1 saturated carbocycles. The molecule has 0 saturated heterocycles. The van der Waals surface area contributed by atoms with E-state index in [0.717, 1.165) is 32.2 Å². The summed E-state index contributed by atoms with van der Waals surface area (Å²) < 4.78 is 0. The second kappa shape index (κ2) is 6.05. The summed E-state index contributed by atoms with van der Waals surface area (Å²) in [4.78, 5) is 10.4. The van der Waals surface area contributed by atoms with Crippen molar-refractivity contribution >= 4 is 0 Å². The van der Waals surface area contributed by atoms with Gasteiger partial charge in [0.1, 0.15) is 0 Å². The highest BCUT2D eigenvalue weighted by atomic mass is 16.6. The molecule has 0 bridgehead atoms. The SMILES string of the molecule is CCC(C)CNC1CCC([N+](=O)[O-])CC1. The summed E-state index contributed by atoms with van der Waals surface area (Å²) in [7, 11) is 0. The third-order valence-corrected chi connectivity index (χ3v) is 3.45. The van der Waals surface area contributed by atoms with Crippen LogP contribution in [0.2, 0.25) is 0 Å². The molecule has 88 valence electrons. The molecule has 4 nitrogen and oxygen atoms in total. The molecule has 0 aromatic heterocycles. The van der Waals surface area contributed by atoms with E-state index in [1.54, 1.807) is 0 Å². The monoisotopic (exact) mass is 214 g/mol. The summed E-state index contributed by atoms with van der Waals surface area (Å²) >= 11 is 0. The van der Waals surface area contributed by atoms with Crippen molar-refractivity contribution in [3.05, 3.63) is 10.1 Å². The predicted molar refractivity (Wildman–Crippen MR) is 60.5 cm³/mol. The Balaban J connectivity index is 2.17. The van der Waals surface area contributed by atoms with Gasteiger partial charge in [-0.3, -0.25) is 10.1 Å². The lowest BCUT2D eigenvalue weighted by atomic mass is 9.91. The van der Waals surface area contributed by atoms with E-state index in [1.807, 2.05) is 0 Å². The average molecular weight is 214 g/mol. The fraction of sp³-hybridized carbons (Fsp3) is 1.00. The summed E-state index contributed by atoms with van der Waals surface area (Å²) in [6, 6.07) is 0.224. The van der Waals surface area contributed by atoms with E-state index in [4.69, 9.17) is 0 Å². The molecule has 1 fully saturated rings. The molecule has 15 heavy (non-hydrogen) atoms. The summed E-state index contributed by atoms with van der Waals surface area (Å²) in [6.07, 6.45) is 4.59. The summed E-state index contributed by atoms with van der Waals surface area (Å²) in [5.74, 6) is 0.707. The van der Waals surface area contributed by atoms with Gasteiger partial charge in [0, 0.05) is 23.8 Å². The molecular weight excluding hydrogens is 192 g/mol. The van der Waals surface area contributed by atoms with E-state index in [0.29, 0.717) is 12.0 Å². The van der Waals surface area contributed by atoms with Crippen LogP contribution in [0.25, 0.3) is 0 Å². The van der Waals surface area contributed by atoms with Gasteiger partial charge in [-0.15, -0.1) is 0 Å². The molecule has 0 radical (unpaired) electrons. The maximum atomic E-state index is 10.6. The Hall–Kier alpha value is -0.640. The molecule has 0 amide bonds. The fourth-order valence-electron chi connectivity index (χ4n) is 2.00. The summed E-state index contributed by atoms with van der Waals surface area (Å²) in [5, 5.41) is 14.1. The lowest BCUT2D eigenvalue weighted by Gasteiger charge is -2.26. The van der Waals surface area contributed by atoms with Crippen LogP contribution in [-0.4, -0.2) is 23.6 Å². The largest absolute Gasteiger partial charge is 0.314 e. The minimum absolute atomic E-state index is 0.120. The van der Waals surface area contributed by atoms with Crippen LogP contribution in [-0.2, 0) is 0 Å². The van der Waals surface area contributed by atoms with Crippen molar-refractivity contribution in [2.24, 2.45) is 5.92 Å². The zero-order valence-corrected chi connectivity index (χ0v) is 9.74. The number of hydrogen-bond acceptors (Lipinski definition) is 3. The zero-order valence-electron chi connectivity index (χ0n) is 9.74. The van der Waals surface area contributed by atoms with Gasteiger partial charge in [0.2, 0.25) is 6.04 Å². The van der Waals surface area contributed by atoms with Gasteiger partial charge in [-0.1, -0.05) is 20.3 Å². The number of rotatable bonds is 5. The Kier molecular flexibility index (Phi) is 5.02. The molecule has 1 N–H and O–H groups in total. The third kappa shape index (κ3) is 4.16. The van der Waals surface area contributed by atoms with Crippen LogP contribution in [0.3, 0.4) is 0 Å². The van der Waals surface area contributed by atoms with E-state index in [9.17, 15) is 10.1 Å². The van der Waals surface area contributed by atoms with Crippen LogP contribution in [0, 0.1) is 16.0 Å². The van der Waals surface area contributed by atoms with Gasteiger partial charge in [0.25, 0.3) is 0 Å². The molecule has 4 heteroatoms. The lowest BCUT2D eigenvalue weighted by Crippen LogP contribution is -2.38. The topological polar surface area (TPSA) is 55.2 Å². The Bertz CT molecular complexity index is 201. The number of hydrogen-bond donors (Lipinski definition) is 1. The van der Waals surface area contributed by atoms with Crippen LogP contribution in [0.15, 0.2) is 0 Å². The van der Waals surface area contributed by atoms with E-state index in [2.05, 4.69) is 19.2 Å². The first-order chi connectivity index (χ1) is 7.13. The molecule has 0 aromatic rings. The fourth-order valence-corrected chi connectivity index (χ4v) is 2.00. The number of nitrogens with zero attached hydrogens (tertiary/aromatic N) is 1. The van der Waals surface area contributed by atoms with E-state index < -0.39 is 0 Å². The maximum absolute atomic E-state index is 10.6. The van der Waals surface area contributed by atoms with Crippen molar-refractivity contribution in [3.8, 4) is 0 Å². The highest BCUT2D eigenvalue weighted by Gasteiger charge is 2.27. The van der Waals surface area contributed by atoms with Gasteiger partial charge in [-0.2, -0.15) is 0 Å². The van der Waals surface area contributed by atoms with Crippen LogP contribution in [0.5, 0.6) is 0 Å². The molecule has 0 aromatic carbocycles. The van der Waals surface area contributed by atoms with Crippen LogP contribution < -0.4 is 5.32 Å². The third-order valence-electron chi connectivity index (χ3n) is 3.45. The van der Waals surface area contributed by atoms with E-state index >= 15 is 0 Å². The molecular formula is C11H22N2O2. The minimum atomic E-state index is -0.286. The number of nitrogens with one attached hydrogen (secondary N) is 1. The van der Waals surface area contributed by atoms with Gasteiger partial charge in [-0.05, 0) is 25.3 Å². The normalized spacial score (nSPS) is 28.7. The molecule has 0 spiro atoms. The van der Waals surface area contributed by atoms with Gasteiger partial charge >= 0.3 is 0 Å². The Morgan fingerprint density at radius 1 is 1.40 bits per heavy atom. The second-order valence-corrected chi connectivity index (χ2v) is 4.71. The van der Waals surface area contributed by atoms with Crippen LogP contribution in [0.4, 0.5) is 0 Å². The first-order valence-electron chi connectivity index (χ1n) is 6.00. The van der Waals surface area contributed by atoms with Gasteiger partial charge in [0.05, 0.1) is 0 Å². The van der Waals surface area contributed by atoms with Crippen molar-refractivity contribution in [3.63, 3.8) is 0 Å². The molecule has 1 unspecified atom stereocenters. The Labute approximate surface area is 91.6 Å². The average Bonchev–Trinajstić information content (AvgIpc) is 2.26. The molecule has 0 heterocycles. The molecule has 1 aliphatic rings. The lowest BCUT2D eigenvalue weighted by molar-refractivity contribution is -0.526. The molecule has 0 aliphatic heterocycles. The van der Waals surface area contributed by atoms with E-state index in [-0.39, 0.29) is 11.0 Å². The van der Waals surface area contributed by atoms with Crippen LogP contribution in [0.1, 0.15) is 46.0 Å². The number of nitro groups is 1. The first kappa shape index (κ1) is 12.4. The summed E-state index contributed by atoms with van der Waals surface area (Å²) in [6.45, 7) is 5.47. The van der Waals surface area contributed by atoms with Gasteiger partial charge in [-0.25, -0.2) is 0 Å². The van der Waals surface area contributed by atoms with Crippen molar-refractivity contribution in [2.45, 2.75) is 58.0 Å². The van der Waals surface area contributed by atoms with E-state index in [1.165, 1.54) is 6.42 Å². The van der Waals surface area contributed by atoms with Crippen molar-refractivity contribution < 1.29 is 4.92 Å². The van der Waals surface area contributed by atoms with Crippen molar-refractivity contribution in [1.82, 2.24) is 5.32 Å². The first-order valence-corrected chi connectivity index (χ1v) is 6.00. The molecule has 1 atom stereocenters. The Morgan fingerprint density at radius 3 is 2.47 bits per heavy atom. The second-order valence-electron chi connectivity index (χ2n) is 4.71. The van der Waals surface area contributed by atoms with Gasteiger partial charge < -0.3 is 5.32 Å². The zero-order chi connectivity index (χ0) is 11.3. The minimum Gasteiger partial charge on any atom is -0.314 e. The highest BCUT2D eigenvalue weighted by molar-refractivity contribution is 4.77. The maximum Gasteiger partial charge on any atom is 0.213 e. The molecule has 1 rings (SSSR count). The Morgan fingerprint density at radius 2 is 2.00 bits per heavy atom. The molecule has 1 aliphatic carbocycles. The van der Waals surface area contributed by atoms with Gasteiger partial charge in [0.15, 0.2) is 0 Å². The van der Waals surface area contributed by atoms with Crippen molar-refractivity contribution in [2.75, 3.05) is 6.54 Å². The van der Waals surface area contributed by atoms with Crippen LogP contribution >= 0.6 is 0 Å². The quantitative estimate of drug-likeness (QED) is 0.564. The van der Waals surface area contributed by atoms with Crippen molar-refractivity contribution in [1.29, 1.82) is 0 Å². The summed E-state index contributed by atoms with van der Waals surface area (Å²) in [5.41, 5.74) is 0. The standard InChI is InChI=1S/C11H22N2O2/c1-3-9(2)8-12-10-4-6-11(7-5-10)13(14)15/h9-12H,3-8H2,1-2H3. The highest BCUT2D eigenvalue weighted by Crippen LogP contribution is 2.20.